The highest BCUT2D eigenvalue weighted by Crippen LogP contribution is 2.27. The van der Waals surface area contributed by atoms with Gasteiger partial charge in [0.1, 0.15) is 0 Å². The molecule has 1 aliphatic rings. The Morgan fingerprint density at radius 2 is 2.27 bits per heavy atom. The van der Waals surface area contributed by atoms with E-state index in [-0.39, 0.29) is 18.4 Å². The van der Waals surface area contributed by atoms with Crippen LogP contribution in [-0.2, 0) is 4.79 Å². The van der Waals surface area contributed by atoms with Gasteiger partial charge in [0.25, 0.3) is 0 Å². The highest BCUT2D eigenvalue weighted by atomic mass is 32.2. The predicted octanol–water partition coefficient (Wildman–Crippen LogP) is 0.575. The molecule has 0 aromatic heterocycles. The van der Waals surface area contributed by atoms with Crippen LogP contribution in [0.2, 0.25) is 0 Å². The first-order valence-electron chi connectivity index (χ1n) is 3.67. The summed E-state index contributed by atoms with van der Waals surface area (Å²) < 4.78 is 0. The summed E-state index contributed by atoms with van der Waals surface area (Å²) >= 11 is 1.70. The van der Waals surface area contributed by atoms with Gasteiger partial charge >= 0.3 is 5.97 Å². The maximum Gasteiger partial charge on any atom is 0.303 e. The molecule has 0 radical (unpaired) electrons. The second kappa shape index (κ2) is 3.97. The van der Waals surface area contributed by atoms with Gasteiger partial charge < -0.3 is 10.2 Å². The van der Waals surface area contributed by atoms with Gasteiger partial charge in [-0.25, -0.2) is 0 Å². The molecule has 0 aromatic carbocycles. The van der Waals surface area contributed by atoms with Crippen molar-refractivity contribution >= 4 is 17.7 Å². The van der Waals surface area contributed by atoms with Crippen LogP contribution in [0.5, 0.6) is 0 Å². The Balaban J connectivity index is 2.20. The van der Waals surface area contributed by atoms with E-state index in [9.17, 15) is 9.90 Å². The van der Waals surface area contributed by atoms with Crippen LogP contribution in [0.3, 0.4) is 0 Å². The van der Waals surface area contributed by atoms with Gasteiger partial charge in [0.05, 0.1) is 6.10 Å². The number of carboxylic acid groups (broad SMARTS) is 1. The van der Waals surface area contributed by atoms with E-state index in [0.717, 1.165) is 11.5 Å². The van der Waals surface area contributed by atoms with E-state index < -0.39 is 5.97 Å². The summed E-state index contributed by atoms with van der Waals surface area (Å²) in [4.78, 5) is 10.2. The number of carboxylic acids is 1. The topological polar surface area (TPSA) is 57.5 Å². The van der Waals surface area contributed by atoms with E-state index in [4.69, 9.17) is 5.11 Å². The van der Waals surface area contributed by atoms with Crippen molar-refractivity contribution in [3.63, 3.8) is 0 Å². The molecule has 0 amide bonds. The largest absolute Gasteiger partial charge is 0.481 e. The third-order valence-corrected chi connectivity index (χ3v) is 3.13. The highest BCUT2D eigenvalue weighted by Gasteiger charge is 2.25. The van der Waals surface area contributed by atoms with E-state index in [1.807, 2.05) is 0 Å². The number of carbonyl (C=O) groups is 1. The fourth-order valence-corrected chi connectivity index (χ4v) is 2.51. The average molecular weight is 176 g/mol. The maximum absolute atomic E-state index is 10.2. The van der Waals surface area contributed by atoms with Crippen LogP contribution in [0, 0.1) is 5.92 Å². The molecule has 64 valence electrons. The molecule has 4 heteroatoms. The van der Waals surface area contributed by atoms with E-state index in [2.05, 4.69) is 0 Å². The first-order valence-corrected chi connectivity index (χ1v) is 4.83. The lowest BCUT2D eigenvalue weighted by atomic mass is 10.0. The number of rotatable bonds is 3. The number of aliphatic carboxylic acids is 1. The van der Waals surface area contributed by atoms with Crippen molar-refractivity contribution in [3.8, 4) is 0 Å². The summed E-state index contributed by atoms with van der Waals surface area (Å²) in [6.07, 6.45) is 0.519. The van der Waals surface area contributed by atoms with E-state index in [1.54, 1.807) is 11.8 Å². The summed E-state index contributed by atoms with van der Waals surface area (Å²) in [5, 5.41) is 17.7. The number of aliphatic hydroxyl groups excluding tert-OH is 1. The Kier molecular flexibility index (Phi) is 3.20. The van der Waals surface area contributed by atoms with Gasteiger partial charge in [0.2, 0.25) is 0 Å². The predicted molar refractivity (Wildman–Crippen MR) is 43.7 cm³/mol. The van der Waals surface area contributed by atoms with Gasteiger partial charge in [-0.15, -0.1) is 0 Å². The van der Waals surface area contributed by atoms with Crippen molar-refractivity contribution in [1.82, 2.24) is 0 Å². The SMILES string of the molecule is O=C(O)CC[C@H]1CSC[C@@H]1O. The molecule has 2 N–H and O–H groups in total. The lowest BCUT2D eigenvalue weighted by Gasteiger charge is -2.10. The minimum Gasteiger partial charge on any atom is -0.481 e. The lowest BCUT2D eigenvalue weighted by molar-refractivity contribution is -0.137. The quantitative estimate of drug-likeness (QED) is 0.660. The number of thioether (sulfide) groups is 1. The van der Waals surface area contributed by atoms with Crippen molar-refractivity contribution in [1.29, 1.82) is 0 Å². The molecule has 0 bridgehead atoms. The highest BCUT2D eigenvalue weighted by molar-refractivity contribution is 7.99. The van der Waals surface area contributed by atoms with Gasteiger partial charge in [-0.05, 0) is 18.1 Å². The molecule has 1 saturated heterocycles. The fourth-order valence-electron chi connectivity index (χ4n) is 1.17. The standard InChI is InChI=1S/C7H12O3S/c8-6-4-11-3-5(6)1-2-7(9)10/h5-6,8H,1-4H2,(H,9,10)/t5-,6-/m0/s1. The van der Waals surface area contributed by atoms with Crippen molar-refractivity contribution in [2.75, 3.05) is 11.5 Å². The van der Waals surface area contributed by atoms with Gasteiger partial charge in [-0.2, -0.15) is 11.8 Å². The van der Waals surface area contributed by atoms with Crippen LogP contribution in [0.4, 0.5) is 0 Å². The zero-order valence-electron chi connectivity index (χ0n) is 6.19. The Hall–Kier alpha value is -0.220. The smallest absolute Gasteiger partial charge is 0.303 e. The lowest BCUT2D eigenvalue weighted by Crippen LogP contribution is -2.18. The summed E-state index contributed by atoms with van der Waals surface area (Å²) in [6.45, 7) is 0. The van der Waals surface area contributed by atoms with Crippen LogP contribution >= 0.6 is 11.8 Å². The molecule has 1 aliphatic heterocycles. The van der Waals surface area contributed by atoms with E-state index in [0.29, 0.717) is 6.42 Å². The third-order valence-electron chi connectivity index (χ3n) is 1.89. The van der Waals surface area contributed by atoms with Crippen LogP contribution in [0.25, 0.3) is 0 Å². The van der Waals surface area contributed by atoms with Crippen LogP contribution in [0.15, 0.2) is 0 Å². The maximum atomic E-state index is 10.2. The van der Waals surface area contributed by atoms with Crippen molar-refractivity contribution in [2.24, 2.45) is 5.92 Å². The number of hydrogen-bond donors (Lipinski definition) is 2. The molecule has 11 heavy (non-hydrogen) atoms. The zero-order chi connectivity index (χ0) is 8.27. The summed E-state index contributed by atoms with van der Waals surface area (Å²) in [5.41, 5.74) is 0. The summed E-state index contributed by atoms with van der Waals surface area (Å²) in [6, 6.07) is 0. The van der Waals surface area contributed by atoms with Crippen LogP contribution < -0.4 is 0 Å². The third kappa shape index (κ3) is 2.71. The first kappa shape index (κ1) is 8.87. The normalized spacial score (nSPS) is 30.6. The Bertz CT molecular complexity index is 149. The Labute approximate surface area is 69.8 Å². The molecular formula is C7H12O3S. The summed E-state index contributed by atoms with van der Waals surface area (Å²) in [7, 11) is 0. The molecule has 0 unspecified atom stereocenters. The summed E-state index contributed by atoms with van der Waals surface area (Å²) in [5.74, 6) is 1.11. The molecule has 0 aliphatic carbocycles. The minimum absolute atomic E-state index is 0.183. The molecule has 3 nitrogen and oxygen atoms in total. The average Bonchev–Trinajstić information content (AvgIpc) is 2.31. The van der Waals surface area contributed by atoms with Crippen molar-refractivity contribution in [2.45, 2.75) is 18.9 Å². The second-order valence-electron chi connectivity index (χ2n) is 2.80. The fraction of sp³-hybridized carbons (Fsp3) is 0.857. The molecule has 1 heterocycles. The van der Waals surface area contributed by atoms with Gasteiger partial charge in [-0.3, -0.25) is 4.79 Å². The molecular weight excluding hydrogens is 164 g/mol. The Morgan fingerprint density at radius 1 is 1.55 bits per heavy atom. The van der Waals surface area contributed by atoms with Gasteiger partial charge in [0, 0.05) is 12.2 Å². The van der Waals surface area contributed by atoms with Gasteiger partial charge in [0.15, 0.2) is 0 Å². The molecule has 1 rings (SSSR count). The van der Waals surface area contributed by atoms with E-state index >= 15 is 0 Å². The molecule has 1 fully saturated rings. The Morgan fingerprint density at radius 3 is 2.73 bits per heavy atom. The zero-order valence-corrected chi connectivity index (χ0v) is 7.01. The molecule has 2 atom stereocenters. The van der Waals surface area contributed by atoms with Crippen LogP contribution in [-0.4, -0.2) is 33.8 Å². The molecule has 0 saturated carbocycles. The van der Waals surface area contributed by atoms with Crippen molar-refractivity contribution in [3.05, 3.63) is 0 Å². The molecule has 0 spiro atoms. The second-order valence-corrected chi connectivity index (χ2v) is 3.87. The van der Waals surface area contributed by atoms with E-state index in [1.165, 1.54) is 0 Å². The number of hydrogen-bond acceptors (Lipinski definition) is 3. The van der Waals surface area contributed by atoms with Gasteiger partial charge in [-0.1, -0.05) is 0 Å². The van der Waals surface area contributed by atoms with Crippen LogP contribution in [0.1, 0.15) is 12.8 Å². The first-order chi connectivity index (χ1) is 5.20. The van der Waals surface area contributed by atoms with Crippen molar-refractivity contribution < 1.29 is 15.0 Å². The number of aliphatic hydroxyl groups is 1. The monoisotopic (exact) mass is 176 g/mol. The minimum atomic E-state index is -0.769. The molecule has 0 aromatic rings.